The monoisotopic (exact) mass is 404 g/mol. The van der Waals surface area contributed by atoms with Crippen LogP contribution in [0.3, 0.4) is 0 Å². The molecule has 30 heavy (non-hydrogen) atoms. The van der Waals surface area contributed by atoms with E-state index in [0.29, 0.717) is 23.3 Å². The summed E-state index contributed by atoms with van der Waals surface area (Å²) in [5.74, 6) is 1.58. The topological polar surface area (TPSA) is 40.5 Å². The van der Waals surface area contributed by atoms with Crippen LogP contribution in [0, 0.1) is 39.5 Å². The maximum Gasteiger partial charge on any atom is 0.121 e. The highest BCUT2D eigenvalue weighted by Crippen LogP contribution is 2.49. The van der Waals surface area contributed by atoms with E-state index < -0.39 is 0 Å². The summed E-state index contributed by atoms with van der Waals surface area (Å²) in [6.07, 6.45) is 5.61. The van der Waals surface area contributed by atoms with Gasteiger partial charge in [-0.3, -0.25) is 0 Å². The Morgan fingerprint density at radius 2 is 1.23 bits per heavy atom. The van der Waals surface area contributed by atoms with Crippen LogP contribution in [0.2, 0.25) is 0 Å². The Bertz CT molecular complexity index is 991. The highest BCUT2D eigenvalue weighted by atomic mass is 16.3. The number of aryl methyl sites for hydroxylation is 4. The first-order chi connectivity index (χ1) is 14.0. The molecule has 0 saturated carbocycles. The van der Waals surface area contributed by atoms with Gasteiger partial charge in [0.2, 0.25) is 0 Å². The van der Waals surface area contributed by atoms with Crippen LogP contribution in [0.1, 0.15) is 67.5 Å². The molecule has 1 aliphatic rings. The summed E-state index contributed by atoms with van der Waals surface area (Å²) in [7, 11) is 0. The van der Waals surface area contributed by atoms with Crippen LogP contribution < -0.4 is 0 Å². The van der Waals surface area contributed by atoms with Crippen molar-refractivity contribution in [3.63, 3.8) is 0 Å². The van der Waals surface area contributed by atoms with Gasteiger partial charge in [0.1, 0.15) is 11.5 Å². The average molecular weight is 405 g/mol. The van der Waals surface area contributed by atoms with Crippen molar-refractivity contribution >= 4 is 5.57 Å². The molecule has 2 heteroatoms. The number of phenolic OH excluding ortho intramolecular Hbond substituents is 2. The molecule has 0 aromatic heterocycles. The second-order valence-electron chi connectivity index (χ2n) is 9.71. The zero-order valence-corrected chi connectivity index (χ0v) is 19.7. The van der Waals surface area contributed by atoms with E-state index in [1.165, 1.54) is 22.3 Å². The van der Waals surface area contributed by atoms with Crippen LogP contribution in [0.25, 0.3) is 5.57 Å². The molecular formula is C28H36O2. The largest absolute Gasteiger partial charge is 0.507 e. The van der Waals surface area contributed by atoms with E-state index >= 15 is 0 Å². The fourth-order valence-electron chi connectivity index (χ4n) is 4.89. The van der Waals surface area contributed by atoms with Crippen LogP contribution >= 0.6 is 0 Å². The molecule has 160 valence electrons. The van der Waals surface area contributed by atoms with Gasteiger partial charge in [0, 0.05) is 5.41 Å². The minimum atomic E-state index is -0.142. The Balaban J connectivity index is 2.23. The molecule has 0 spiro atoms. The van der Waals surface area contributed by atoms with Crippen molar-refractivity contribution in [3.05, 3.63) is 75.4 Å². The van der Waals surface area contributed by atoms with Gasteiger partial charge in [-0.25, -0.2) is 0 Å². The number of rotatable bonds is 4. The molecule has 2 nitrogen and oxygen atoms in total. The Hall–Kier alpha value is -2.48. The lowest BCUT2D eigenvalue weighted by molar-refractivity contribution is 0.386. The molecule has 0 amide bonds. The maximum absolute atomic E-state index is 10.3. The molecule has 0 saturated heterocycles. The first-order valence-corrected chi connectivity index (χ1v) is 11.0. The third-order valence-corrected chi connectivity index (χ3v) is 6.90. The van der Waals surface area contributed by atoms with Gasteiger partial charge in [-0.15, -0.1) is 0 Å². The van der Waals surface area contributed by atoms with E-state index in [1.54, 1.807) is 0 Å². The molecule has 2 aromatic carbocycles. The van der Waals surface area contributed by atoms with Crippen molar-refractivity contribution in [2.45, 2.75) is 67.2 Å². The molecule has 3 rings (SSSR count). The number of aromatic hydroxyl groups is 2. The predicted molar refractivity (Wildman–Crippen MR) is 127 cm³/mol. The van der Waals surface area contributed by atoms with E-state index in [1.807, 2.05) is 27.7 Å². The molecule has 1 unspecified atom stereocenters. The quantitative estimate of drug-likeness (QED) is 0.561. The third-order valence-electron chi connectivity index (χ3n) is 6.90. The van der Waals surface area contributed by atoms with Crippen molar-refractivity contribution < 1.29 is 10.2 Å². The second-order valence-corrected chi connectivity index (χ2v) is 9.71. The van der Waals surface area contributed by atoms with E-state index in [9.17, 15) is 10.2 Å². The standard InChI is InChI=1S/C28H36O2/c1-16(2)24-9-10-28(17(3)4,23-13-20(7)27(30)21(8)14-23)15-25(24)22-11-18(5)26(29)19(6)12-22/h9-14,16-17,29-30H,15H2,1-8H3. The smallest absolute Gasteiger partial charge is 0.121 e. The van der Waals surface area contributed by atoms with Crippen LogP contribution in [-0.4, -0.2) is 10.2 Å². The van der Waals surface area contributed by atoms with Crippen molar-refractivity contribution in [2.24, 2.45) is 11.8 Å². The highest BCUT2D eigenvalue weighted by molar-refractivity contribution is 5.76. The van der Waals surface area contributed by atoms with Crippen LogP contribution in [0.5, 0.6) is 11.5 Å². The molecule has 1 atom stereocenters. The summed E-state index contributed by atoms with van der Waals surface area (Å²) < 4.78 is 0. The van der Waals surface area contributed by atoms with Gasteiger partial charge in [0.15, 0.2) is 0 Å². The third kappa shape index (κ3) is 3.69. The Labute approximate surface area is 182 Å². The van der Waals surface area contributed by atoms with Gasteiger partial charge >= 0.3 is 0 Å². The molecule has 0 fully saturated rings. The maximum atomic E-state index is 10.3. The SMILES string of the molecule is Cc1cc(C2=C(C(C)C)C=CC(c3cc(C)c(O)c(C)c3)(C(C)C)C2)cc(C)c1O. The Kier molecular flexibility index (Phi) is 5.91. The Morgan fingerprint density at radius 3 is 1.67 bits per heavy atom. The molecule has 2 aromatic rings. The van der Waals surface area contributed by atoms with Gasteiger partial charge in [0.05, 0.1) is 0 Å². The predicted octanol–water partition coefficient (Wildman–Crippen LogP) is 7.29. The molecule has 0 heterocycles. The Morgan fingerprint density at radius 1 is 0.767 bits per heavy atom. The summed E-state index contributed by atoms with van der Waals surface area (Å²) in [4.78, 5) is 0. The fourth-order valence-corrected chi connectivity index (χ4v) is 4.89. The first-order valence-electron chi connectivity index (χ1n) is 11.0. The summed E-state index contributed by atoms with van der Waals surface area (Å²) in [5, 5.41) is 20.6. The van der Waals surface area contributed by atoms with Crippen molar-refractivity contribution in [1.29, 1.82) is 0 Å². The van der Waals surface area contributed by atoms with Gasteiger partial charge in [-0.1, -0.05) is 52.0 Å². The number of benzene rings is 2. The van der Waals surface area contributed by atoms with E-state index in [0.717, 1.165) is 28.7 Å². The summed E-state index contributed by atoms with van der Waals surface area (Å²) in [6, 6.07) is 8.55. The molecule has 0 aliphatic heterocycles. The van der Waals surface area contributed by atoms with Crippen LogP contribution in [0.4, 0.5) is 0 Å². The number of hydrogen-bond acceptors (Lipinski definition) is 2. The number of allylic oxidation sites excluding steroid dienone is 4. The van der Waals surface area contributed by atoms with E-state index in [2.05, 4.69) is 64.1 Å². The van der Waals surface area contributed by atoms with Crippen LogP contribution in [-0.2, 0) is 5.41 Å². The molecule has 1 aliphatic carbocycles. The van der Waals surface area contributed by atoms with Gasteiger partial charge in [-0.05, 0) is 103 Å². The van der Waals surface area contributed by atoms with Crippen LogP contribution in [0.15, 0.2) is 42.0 Å². The second kappa shape index (κ2) is 7.98. The highest BCUT2D eigenvalue weighted by Gasteiger charge is 2.38. The summed E-state index contributed by atoms with van der Waals surface area (Å²) >= 11 is 0. The lowest BCUT2D eigenvalue weighted by Crippen LogP contribution is -2.33. The minimum absolute atomic E-state index is 0.142. The first kappa shape index (κ1) is 22.2. The van der Waals surface area contributed by atoms with Crippen molar-refractivity contribution in [1.82, 2.24) is 0 Å². The van der Waals surface area contributed by atoms with Crippen molar-refractivity contribution in [2.75, 3.05) is 0 Å². The van der Waals surface area contributed by atoms with Gasteiger partial charge in [-0.2, -0.15) is 0 Å². The van der Waals surface area contributed by atoms with Gasteiger partial charge < -0.3 is 10.2 Å². The zero-order chi connectivity index (χ0) is 22.4. The average Bonchev–Trinajstić information content (AvgIpc) is 2.68. The number of phenols is 2. The van der Waals surface area contributed by atoms with Crippen molar-refractivity contribution in [3.8, 4) is 11.5 Å². The number of hydrogen-bond donors (Lipinski definition) is 2. The summed E-state index contributed by atoms with van der Waals surface area (Å²) in [6.45, 7) is 17.0. The molecule has 0 radical (unpaired) electrons. The normalized spacial score (nSPS) is 19.3. The lowest BCUT2D eigenvalue weighted by atomic mass is 9.63. The minimum Gasteiger partial charge on any atom is -0.507 e. The molecular weight excluding hydrogens is 368 g/mol. The molecule has 2 N–H and O–H groups in total. The molecule has 0 bridgehead atoms. The zero-order valence-electron chi connectivity index (χ0n) is 19.7. The lowest BCUT2D eigenvalue weighted by Gasteiger charge is -2.41. The summed E-state index contributed by atoms with van der Waals surface area (Å²) in [5.41, 5.74) is 8.73. The van der Waals surface area contributed by atoms with E-state index in [-0.39, 0.29) is 5.41 Å². The van der Waals surface area contributed by atoms with Gasteiger partial charge in [0.25, 0.3) is 0 Å². The van der Waals surface area contributed by atoms with E-state index in [4.69, 9.17) is 0 Å². The fraction of sp³-hybridized carbons (Fsp3) is 0.429.